The van der Waals surface area contributed by atoms with Crippen molar-refractivity contribution in [3.63, 3.8) is 0 Å². The average Bonchev–Trinajstić information content (AvgIpc) is 3.39. The van der Waals surface area contributed by atoms with Gasteiger partial charge in [-0.15, -0.1) is 23.7 Å². The second kappa shape index (κ2) is 8.73. The van der Waals surface area contributed by atoms with E-state index in [9.17, 15) is 8.42 Å². The van der Waals surface area contributed by atoms with Gasteiger partial charge in [-0.25, -0.2) is 8.42 Å². The summed E-state index contributed by atoms with van der Waals surface area (Å²) in [5.41, 5.74) is 2.08. The van der Waals surface area contributed by atoms with Gasteiger partial charge in [0.2, 0.25) is 0 Å². The van der Waals surface area contributed by atoms with Crippen molar-refractivity contribution >= 4 is 56.1 Å². The number of likely N-dealkylation sites (tertiary alicyclic amines) is 1. The second-order valence-corrected chi connectivity index (χ2v) is 9.56. The van der Waals surface area contributed by atoms with Crippen molar-refractivity contribution in [2.45, 2.75) is 30.0 Å². The van der Waals surface area contributed by atoms with E-state index in [1.54, 1.807) is 29.8 Å². The standard InChI is InChI=1S/C19H23N3O3S2.ClH/c1-2-22-8-3-5-16(22)13-20-17-12-15(11-14-7-9-25-19(14)17)21-27(23,24)18-6-4-10-26-18;/h4,6-7,9-12,16,20-21H,2-3,5,8,13H2,1H3;1H. The lowest BCUT2D eigenvalue weighted by Crippen LogP contribution is -2.34. The predicted octanol–water partition coefficient (Wildman–Crippen LogP) is 4.61. The molecule has 1 aromatic carbocycles. The predicted molar refractivity (Wildman–Crippen MR) is 117 cm³/mol. The molecule has 1 aliphatic rings. The van der Waals surface area contributed by atoms with E-state index in [1.165, 1.54) is 24.2 Å². The highest BCUT2D eigenvalue weighted by atomic mass is 35.5. The van der Waals surface area contributed by atoms with Gasteiger partial charge in [0.1, 0.15) is 4.21 Å². The number of nitrogens with zero attached hydrogens (tertiary/aromatic N) is 1. The summed E-state index contributed by atoms with van der Waals surface area (Å²) in [6.07, 6.45) is 4.02. The number of halogens is 1. The molecule has 6 nitrogen and oxygen atoms in total. The van der Waals surface area contributed by atoms with Gasteiger partial charge in [0, 0.05) is 18.0 Å². The number of likely N-dealkylation sites (N-methyl/N-ethyl adjacent to an activating group) is 1. The molecule has 152 valence electrons. The van der Waals surface area contributed by atoms with Crippen molar-refractivity contribution in [3.8, 4) is 0 Å². The normalized spacial score (nSPS) is 17.5. The molecule has 0 spiro atoms. The molecule has 0 amide bonds. The van der Waals surface area contributed by atoms with Crippen molar-refractivity contribution in [3.05, 3.63) is 42.0 Å². The lowest BCUT2D eigenvalue weighted by molar-refractivity contribution is 0.277. The lowest BCUT2D eigenvalue weighted by Gasteiger charge is -2.23. The molecule has 1 aliphatic heterocycles. The number of rotatable bonds is 7. The van der Waals surface area contributed by atoms with Crippen LogP contribution in [0.15, 0.2) is 50.6 Å². The zero-order valence-corrected chi connectivity index (χ0v) is 18.0. The Morgan fingerprint density at radius 1 is 1.32 bits per heavy atom. The van der Waals surface area contributed by atoms with Gasteiger partial charge in [-0.3, -0.25) is 9.62 Å². The maximum atomic E-state index is 12.5. The van der Waals surface area contributed by atoms with Crippen LogP contribution in [0.25, 0.3) is 11.0 Å². The highest BCUT2D eigenvalue weighted by Gasteiger charge is 2.23. The Kier molecular flexibility index (Phi) is 6.54. The maximum Gasteiger partial charge on any atom is 0.271 e. The van der Waals surface area contributed by atoms with E-state index in [0.717, 1.165) is 36.3 Å². The minimum absolute atomic E-state index is 0. The summed E-state index contributed by atoms with van der Waals surface area (Å²) in [5, 5.41) is 6.09. The van der Waals surface area contributed by atoms with Gasteiger partial charge in [-0.2, -0.15) is 0 Å². The number of fused-ring (bicyclic) bond motifs is 1. The molecule has 0 radical (unpaired) electrons. The van der Waals surface area contributed by atoms with Crippen LogP contribution < -0.4 is 10.0 Å². The Bertz CT molecular complexity index is 1020. The molecule has 1 fully saturated rings. The first-order chi connectivity index (χ1) is 13.1. The fourth-order valence-corrected chi connectivity index (χ4v) is 5.70. The van der Waals surface area contributed by atoms with E-state index >= 15 is 0 Å². The fraction of sp³-hybridized carbons (Fsp3) is 0.368. The summed E-state index contributed by atoms with van der Waals surface area (Å²) in [5.74, 6) is 0. The Balaban J connectivity index is 0.00000225. The summed E-state index contributed by atoms with van der Waals surface area (Å²) in [6, 6.07) is 9.27. The first-order valence-corrected chi connectivity index (χ1v) is 11.5. The van der Waals surface area contributed by atoms with Gasteiger partial charge in [-0.05, 0) is 55.6 Å². The van der Waals surface area contributed by atoms with E-state index in [4.69, 9.17) is 4.42 Å². The first-order valence-electron chi connectivity index (χ1n) is 9.12. The Morgan fingerprint density at radius 3 is 2.93 bits per heavy atom. The molecule has 28 heavy (non-hydrogen) atoms. The number of anilines is 2. The number of nitrogens with one attached hydrogen (secondary N) is 2. The number of benzene rings is 1. The van der Waals surface area contributed by atoms with Crippen molar-refractivity contribution in [1.82, 2.24) is 4.90 Å². The van der Waals surface area contributed by atoms with Crippen molar-refractivity contribution in [1.29, 1.82) is 0 Å². The van der Waals surface area contributed by atoms with Crippen LogP contribution in [-0.2, 0) is 10.0 Å². The molecule has 1 unspecified atom stereocenters. The summed E-state index contributed by atoms with van der Waals surface area (Å²) < 4.78 is 33.7. The summed E-state index contributed by atoms with van der Waals surface area (Å²) >= 11 is 1.20. The molecule has 4 rings (SSSR count). The molecule has 0 aliphatic carbocycles. The lowest BCUT2D eigenvalue weighted by atomic mass is 10.2. The third-order valence-electron chi connectivity index (χ3n) is 5.00. The molecular weight excluding hydrogens is 418 g/mol. The van der Waals surface area contributed by atoms with E-state index in [-0.39, 0.29) is 12.4 Å². The summed E-state index contributed by atoms with van der Waals surface area (Å²) in [6.45, 7) is 5.18. The van der Waals surface area contributed by atoms with E-state index < -0.39 is 10.0 Å². The summed E-state index contributed by atoms with van der Waals surface area (Å²) in [4.78, 5) is 2.47. The minimum atomic E-state index is -3.58. The Morgan fingerprint density at radius 2 is 2.18 bits per heavy atom. The monoisotopic (exact) mass is 441 g/mol. The minimum Gasteiger partial charge on any atom is -0.462 e. The van der Waals surface area contributed by atoms with Gasteiger partial charge in [0.05, 0.1) is 17.6 Å². The highest BCUT2D eigenvalue weighted by molar-refractivity contribution is 7.94. The molecule has 3 heterocycles. The summed E-state index contributed by atoms with van der Waals surface area (Å²) in [7, 11) is -3.58. The molecule has 0 saturated carbocycles. The Hall–Kier alpha value is -1.74. The van der Waals surface area contributed by atoms with E-state index in [1.807, 2.05) is 12.1 Å². The van der Waals surface area contributed by atoms with E-state index in [2.05, 4.69) is 21.9 Å². The molecule has 1 saturated heterocycles. The maximum absolute atomic E-state index is 12.5. The van der Waals surface area contributed by atoms with Gasteiger partial charge >= 0.3 is 0 Å². The van der Waals surface area contributed by atoms with Crippen LogP contribution in [0.3, 0.4) is 0 Å². The fourth-order valence-electron chi connectivity index (χ4n) is 3.66. The van der Waals surface area contributed by atoms with Gasteiger partial charge < -0.3 is 9.73 Å². The van der Waals surface area contributed by atoms with Gasteiger partial charge in [0.15, 0.2) is 5.58 Å². The molecular formula is C19H24ClN3O3S2. The van der Waals surface area contributed by atoms with Crippen LogP contribution >= 0.6 is 23.7 Å². The van der Waals surface area contributed by atoms with Crippen LogP contribution in [0.2, 0.25) is 0 Å². The highest BCUT2D eigenvalue weighted by Crippen LogP contribution is 2.31. The molecule has 2 aromatic heterocycles. The zero-order valence-electron chi connectivity index (χ0n) is 15.6. The number of sulfonamides is 1. The number of furan rings is 1. The van der Waals surface area contributed by atoms with Crippen molar-refractivity contribution in [2.24, 2.45) is 0 Å². The molecule has 3 aromatic rings. The van der Waals surface area contributed by atoms with Crippen LogP contribution in [-0.4, -0.2) is 39.0 Å². The topological polar surface area (TPSA) is 74.6 Å². The zero-order chi connectivity index (χ0) is 18.9. The quantitative estimate of drug-likeness (QED) is 0.559. The van der Waals surface area contributed by atoms with Crippen LogP contribution in [0.5, 0.6) is 0 Å². The van der Waals surface area contributed by atoms with Crippen LogP contribution in [0.1, 0.15) is 19.8 Å². The average molecular weight is 442 g/mol. The second-order valence-electron chi connectivity index (χ2n) is 6.71. The molecule has 1 atom stereocenters. The van der Waals surface area contributed by atoms with E-state index in [0.29, 0.717) is 15.9 Å². The number of thiophene rings is 1. The van der Waals surface area contributed by atoms with Crippen LogP contribution in [0.4, 0.5) is 11.4 Å². The van der Waals surface area contributed by atoms with Crippen molar-refractivity contribution < 1.29 is 12.8 Å². The smallest absolute Gasteiger partial charge is 0.271 e. The number of hydrogen-bond acceptors (Lipinski definition) is 6. The van der Waals surface area contributed by atoms with Crippen molar-refractivity contribution in [2.75, 3.05) is 29.7 Å². The third kappa shape index (κ3) is 4.30. The van der Waals surface area contributed by atoms with Crippen LogP contribution in [0, 0.1) is 0 Å². The molecule has 9 heteroatoms. The largest absolute Gasteiger partial charge is 0.462 e. The Labute approximate surface area is 175 Å². The first kappa shape index (κ1) is 21.0. The third-order valence-corrected chi connectivity index (χ3v) is 7.78. The van der Waals surface area contributed by atoms with Gasteiger partial charge in [-0.1, -0.05) is 13.0 Å². The number of hydrogen-bond donors (Lipinski definition) is 2. The molecule has 2 N–H and O–H groups in total. The van der Waals surface area contributed by atoms with Gasteiger partial charge in [0.25, 0.3) is 10.0 Å². The SMILES string of the molecule is CCN1CCCC1CNc1cc(NS(=O)(=O)c2cccs2)cc2ccoc12.Cl. The molecule has 0 bridgehead atoms.